The molecule has 0 aromatic carbocycles. The number of aliphatic hydroxyl groups is 1. The third-order valence-electron chi connectivity index (χ3n) is 14.7. The monoisotopic (exact) mass is 1040 g/mol. The minimum Gasteiger partial charge on any atom is -0.756 e. The Morgan fingerprint density at radius 2 is 0.806 bits per heavy atom. The van der Waals surface area contributed by atoms with Gasteiger partial charge in [-0.2, -0.15) is 0 Å². The molecule has 0 aliphatic heterocycles. The second kappa shape index (κ2) is 54.8. The summed E-state index contributed by atoms with van der Waals surface area (Å²) in [5, 5.41) is 14.0. The van der Waals surface area contributed by atoms with Gasteiger partial charge in [0.15, 0.2) is 0 Å². The normalized spacial score (nSPS) is 13.9. The van der Waals surface area contributed by atoms with Gasteiger partial charge in [0.2, 0.25) is 5.91 Å². The van der Waals surface area contributed by atoms with E-state index in [0.29, 0.717) is 23.9 Å². The summed E-state index contributed by atoms with van der Waals surface area (Å²) >= 11 is 0. The molecular formula is C63H125N2O6P. The fourth-order valence-electron chi connectivity index (χ4n) is 9.72. The van der Waals surface area contributed by atoms with Gasteiger partial charge in [-0.25, -0.2) is 0 Å². The number of hydrogen-bond acceptors (Lipinski definition) is 6. The van der Waals surface area contributed by atoms with Crippen LogP contribution in [0.15, 0.2) is 24.3 Å². The van der Waals surface area contributed by atoms with Crippen molar-refractivity contribution < 1.29 is 32.9 Å². The van der Waals surface area contributed by atoms with Crippen LogP contribution in [0.2, 0.25) is 0 Å². The number of unbranched alkanes of at least 4 members (excludes halogenated alkanes) is 42. The molecule has 1 amide bonds. The molecule has 2 N–H and O–H groups in total. The van der Waals surface area contributed by atoms with Gasteiger partial charge in [-0.05, 0) is 44.9 Å². The van der Waals surface area contributed by atoms with E-state index in [1.165, 1.54) is 250 Å². The Balaban J connectivity index is 3.95. The lowest BCUT2D eigenvalue weighted by Crippen LogP contribution is -2.46. The van der Waals surface area contributed by atoms with Gasteiger partial charge in [-0.1, -0.05) is 295 Å². The lowest BCUT2D eigenvalue weighted by molar-refractivity contribution is -0.870. The molecule has 0 saturated heterocycles. The maximum absolute atomic E-state index is 13.0. The number of likely N-dealkylation sites (N-methyl/N-ethyl adjacent to an activating group) is 1. The Morgan fingerprint density at radius 1 is 0.486 bits per heavy atom. The minimum absolute atomic E-state index is 0.0144. The molecule has 0 aliphatic carbocycles. The predicted octanol–water partition coefficient (Wildman–Crippen LogP) is 18.9. The van der Waals surface area contributed by atoms with Gasteiger partial charge in [0, 0.05) is 6.42 Å². The van der Waals surface area contributed by atoms with Crippen molar-refractivity contribution in [3.05, 3.63) is 24.3 Å². The van der Waals surface area contributed by atoms with Crippen molar-refractivity contribution in [1.29, 1.82) is 0 Å². The average molecular weight is 1040 g/mol. The van der Waals surface area contributed by atoms with Gasteiger partial charge in [0.1, 0.15) is 13.2 Å². The van der Waals surface area contributed by atoms with Crippen LogP contribution in [-0.2, 0) is 18.4 Å². The quantitative estimate of drug-likeness (QED) is 0.0272. The first kappa shape index (κ1) is 71.0. The van der Waals surface area contributed by atoms with E-state index in [4.69, 9.17) is 9.05 Å². The van der Waals surface area contributed by atoms with Crippen LogP contribution in [0.4, 0.5) is 0 Å². The summed E-state index contributed by atoms with van der Waals surface area (Å²) in [6.45, 7) is 4.76. The predicted molar refractivity (Wildman–Crippen MR) is 312 cm³/mol. The zero-order valence-electron chi connectivity index (χ0n) is 48.9. The average Bonchev–Trinajstić information content (AvgIpc) is 3.34. The van der Waals surface area contributed by atoms with E-state index in [9.17, 15) is 19.4 Å². The molecule has 3 atom stereocenters. The number of amides is 1. The summed E-state index contributed by atoms with van der Waals surface area (Å²) < 4.78 is 23.4. The molecule has 0 rings (SSSR count). The summed E-state index contributed by atoms with van der Waals surface area (Å²) in [6.07, 6.45) is 69.5. The summed E-state index contributed by atoms with van der Waals surface area (Å²) in [4.78, 5) is 25.5. The summed E-state index contributed by atoms with van der Waals surface area (Å²) in [5.74, 6) is -0.160. The highest BCUT2D eigenvalue weighted by Gasteiger charge is 2.24. The molecule has 0 spiro atoms. The minimum atomic E-state index is -4.57. The van der Waals surface area contributed by atoms with Crippen molar-refractivity contribution in [3.8, 4) is 0 Å². The number of quaternary nitrogens is 1. The topological polar surface area (TPSA) is 108 Å². The first-order chi connectivity index (χ1) is 35.0. The molecule has 3 unspecified atom stereocenters. The van der Waals surface area contributed by atoms with Crippen molar-refractivity contribution in [2.24, 2.45) is 0 Å². The Kier molecular flexibility index (Phi) is 54.0. The summed E-state index contributed by atoms with van der Waals surface area (Å²) in [7, 11) is 1.32. The molecule has 0 aromatic rings. The molecule has 0 bridgehead atoms. The van der Waals surface area contributed by atoms with E-state index in [-0.39, 0.29) is 19.1 Å². The van der Waals surface area contributed by atoms with Crippen LogP contribution >= 0.6 is 7.82 Å². The van der Waals surface area contributed by atoms with Crippen molar-refractivity contribution in [3.63, 3.8) is 0 Å². The van der Waals surface area contributed by atoms with Crippen LogP contribution in [0.3, 0.4) is 0 Å². The van der Waals surface area contributed by atoms with Crippen molar-refractivity contribution >= 4 is 13.7 Å². The lowest BCUT2D eigenvalue weighted by Gasteiger charge is -2.30. The fraction of sp³-hybridized carbons (Fsp3) is 0.921. The second-order valence-corrected chi connectivity index (χ2v) is 24.5. The Labute approximate surface area is 449 Å². The number of carbonyl (C=O) groups is 1. The van der Waals surface area contributed by atoms with E-state index in [1.807, 2.05) is 21.1 Å². The molecule has 0 fully saturated rings. The number of hydrogen-bond donors (Lipinski definition) is 2. The zero-order chi connectivity index (χ0) is 52.7. The van der Waals surface area contributed by atoms with Gasteiger partial charge in [0.05, 0.1) is 39.9 Å². The molecule has 0 saturated carbocycles. The molecular weight excluding hydrogens is 912 g/mol. The number of carbonyl (C=O) groups excluding carboxylic acids is 1. The smallest absolute Gasteiger partial charge is 0.268 e. The molecule has 8 nitrogen and oxygen atoms in total. The summed E-state index contributed by atoms with van der Waals surface area (Å²) in [5.41, 5.74) is 0. The van der Waals surface area contributed by atoms with Crippen LogP contribution in [0, 0.1) is 0 Å². The highest BCUT2D eigenvalue weighted by molar-refractivity contribution is 7.45. The highest BCUT2D eigenvalue weighted by atomic mass is 31.2. The van der Waals surface area contributed by atoms with Crippen molar-refractivity contribution in [2.75, 3.05) is 40.9 Å². The van der Waals surface area contributed by atoms with E-state index in [0.717, 1.165) is 44.9 Å². The Morgan fingerprint density at radius 3 is 1.15 bits per heavy atom. The molecule has 0 aliphatic rings. The number of rotatable bonds is 59. The second-order valence-electron chi connectivity index (χ2n) is 23.1. The number of nitrogens with zero attached hydrogens (tertiary/aromatic N) is 1. The Hall–Kier alpha value is -1.02. The number of phosphoric acid groups is 1. The first-order valence-electron chi connectivity index (χ1n) is 31.7. The van der Waals surface area contributed by atoms with Crippen LogP contribution in [0.1, 0.15) is 322 Å². The zero-order valence-corrected chi connectivity index (χ0v) is 49.8. The Bertz CT molecular complexity index is 1220. The molecule has 72 heavy (non-hydrogen) atoms. The summed E-state index contributed by atoms with van der Waals surface area (Å²) in [6, 6.07) is -0.798. The van der Waals surface area contributed by atoms with E-state index >= 15 is 0 Å². The first-order valence-corrected chi connectivity index (χ1v) is 33.1. The number of nitrogens with one attached hydrogen (secondary N) is 1. The van der Waals surface area contributed by atoms with Crippen LogP contribution in [0.25, 0.3) is 0 Å². The molecule has 0 radical (unpaired) electrons. The van der Waals surface area contributed by atoms with Crippen LogP contribution in [0.5, 0.6) is 0 Å². The van der Waals surface area contributed by atoms with Gasteiger partial charge < -0.3 is 28.8 Å². The molecule has 0 aromatic heterocycles. The van der Waals surface area contributed by atoms with Gasteiger partial charge in [-0.15, -0.1) is 0 Å². The van der Waals surface area contributed by atoms with Crippen LogP contribution < -0.4 is 10.2 Å². The number of allylic oxidation sites excluding steroid dienone is 4. The van der Waals surface area contributed by atoms with Gasteiger partial charge >= 0.3 is 0 Å². The maximum atomic E-state index is 13.0. The van der Waals surface area contributed by atoms with Crippen molar-refractivity contribution in [1.82, 2.24) is 5.32 Å². The largest absolute Gasteiger partial charge is 0.756 e. The fourth-order valence-corrected chi connectivity index (χ4v) is 10.4. The maximum Gasteiger partial charge on any atom is 0.268 e. The van der Waals surface area contributed by atoms with Gasteiger partial charge in [0.25, 0.3) is 7.82 Å². The van der Waals surface area contributed by atoms with Crippen LogP contribution in [-0.4, -0.2) is 68.5 Å². The standard InChI is InChI=1S/C63H125N2O6P/c1-6-8-10-12-14-16-18-20-22-23-24-25-26-27-28-29-30-31-32-33-34-35-36-37-38-39-40-41-43-45-47-49-51-53-55-57-63(67)64-61(60-71-72(68,69)70-59-58-65(3,4)5)62(66)56-54-52-50-48-46-44-42-21-19-17-15-13-11-9-7-2/h26-27,29-30,61-62,66H,6-25,28,31-60H2,1-5H3,(H-,64,67,68,69)/b27-26-,30-29-. The van der Waals surface area contributed by atoms with Gasteiger partial charge in [-0.3, -0.25) is 9.36 Å². The van der Waals surface area contributed by atoms with E-state index < -0.39 is 20.0 Å². The third kappa shape index (κ3) is 56.7. The number of phosphoric ester groups is 1. The lowest BCUT2D eigenvalue weighted by atomic mass is 10.0. The molecule has 9 heteroatoms. The molecule has 0 heterocycles. The highest BCUT2D eigenvalue weighted by Crippen LogP contribution is 2.38. The van der Waals surface area contributed by atoms with E-state index in [1.54, 1.807) is 0 Å². The molecule has 428 valence electrons. The third-order valence-corrected chi connectivity index (χ3v) is 15.7. The van der Waals surface area contributed by atoms with Crippen molar-refractivity contribution in [2.45, 2.75) is 334 Å². The van der Waals surface area contributed by atoms with E-state index in [2.05, 4.69) is 43.5 Å². The number of aliphatic hydroxyl groups excluding tert-OH is 1. The SMILES string of the molecule is CCCCCCCCCCCCC/C=C\C/C=C\CCCCCCCCCCCCCCCCCCCC(=O)NC(COP(=O)([O-])OCC[N+](C)(C)C)C(O)CCCCCCCCCCCCCCCCC.